The van der Waals surface area contributed by atoms with Crippen LogP contribution in [0.15, 0.2) is 12.3 Å². The summed E-state index contributed by atoms with van der Waals surface area (Å²) in [5.74, 6) is -0.614. The number of sulfonamides is 1. The van der Waals surface area contributed by atoms with Crippen LogP contribution in [0.3, 0.4) is 0 Å². The number of nitrogens with one attached hydrogen (secondary N) is 2. The van der Waals surface area contributed by atoms with Crippen LogP contribution >= 0.6 is 11.3 Å². The third-order valence-corrected chi connectivity index (χ3v) is 5.06. The second-order valence-corrected chi connectivity index (χ2v) is 6.92. The molecule has 108 valence electrons. The molecular weight excluding hydrogens is 302 g/mol. The number of rotatable bonds is 5. The highest BCUT2D eigenvalue weighted by atomic mass is 32.2. The van der Waals surface area contributed by atoms with Crippen molar-refractivity contribution in [1.82, 2.24) is 20.2 Å². The summed E-state index contributed by atoms with van der Waals surface area (Å²) < 4.78 is 24.6. The van der Waals surface area contributed by atoms with Crippen molar-refractivity contribution in [3.63, 3.8) is 0 Å². The predicted molar refractivity (Wildman–Crippen MR) is 77.0 cm³/mol. The minimum absolute atomic E-state index is 0.00136. The highest BCUT2D eigenvalue weighted by Gasteiger charge is 2.17. The molecule has 0 saturated heterocycles. The normalized spacial score (nSPS) is 11.7. The lowest BCUT2D eigenvalue weighted by Crippen LogP contribution is -2.32. The molecular formula is C10H13N5O3S2. The Kier molecular flexibility index (Phi) is 4.16. The molecule has 0 saturated carbocycles. The fourth-order valence-electron chi connectivity index (χ4n) is 1.52. The van der Waals surface area contributed by atoms with Crippen molar-refractivity contribution >= 4 is 43.2 Å². The van der Waals surface area contributed by atoms with Gasteiger partial charge in [-0.15, -0.1) is 16.4 Å². The molecule has 1 amide bonds. The van der Waals surface area contributed by atoms with E-state index in [0.29, 0.717) is 20.8 Å². The monoisotopic (exact) mass is 315 g/mol. The van der Waals surface area contributed by atoms with E-state index in [2.05, 4.69) is 20.2 Å². The molecule has 0 aromatic carbocycles. The molecule has 0 radical (unpaired) electrons. The van der Waals surface area contributed by atoms with Crippen LogP contribution in [0, 0.1) is 0 Å². The summed E-state index contributed by atoms with van der Waals surface area (Å²) >= 11 is 1.12. The van der Waals surface area contributed by atoms with Crippen LogP contribution in [0.2, 0.25) is 0 Å². The lowest BCUT2D eigenvalue weighted by molar-refractivity contribution is 0.0961. The van der Waals surface area contributed by atoms with E-state index >= 15 is 0 Å². The fraction of sp³-hybridized carbons (Fsp3) is 0.300. The third kappa shape index (κ3) is 3.03. The Morgan fingerprint density at radius 1 is 1.50 bits per heavy atom. The Balaban J connectivity index is 2.10. The van der Waals surface area contributed by atoms with Gasteiger partial charge in [0.2, 0.25) is 10.0 Å². The molecule has 10 heteroatoms. The quantitative estimate of drug-likeness (QED) is 0.686. The Hall–Kier alpha value is -1.78. The van der Waals surface area contributed by atoms with Gasteiger partial charge in [0, 0.05) is 11.9 Å². The Labute approximate surface area is 119 Å². The molecule has 2 aromatic rings. The number of hydrogen-bond acceptors (Lipinski definition) is 7. The van der Waals surface area contributed by atoms with Crippen LogP contribution in [-0.4, -0.2) is 43.9 Å². The van der Waals surface area contributed by atoms with Gasteiger partial charge in [-0.25, -0.2) is 13.1 Å². The number of nitrogen functional groups attached to an aromatic ring is 1. The van der Waals surface area contributed by atoms with E-state index in [9.17, 15) is 13.2 Å². The van der Waals surface area contributed by atoms with Gasteiger partial charge >= 0.3 is 0 Å². The molecule has 0 aliphatic carbocycles. The van der Waals surface area contributed by atoms with Crippen LogP contribution in [0.1, 0.15) is 9.67 Å². The average Bonchev–Trinajstić information content (AvgIpc) is 2.76. The summed E-state index contributed by atoms with van der Waals surface area (Å²) in [6.07, 6.45) is 1.49. The zero-order valence-electron chi connectivity index (χ0n) is 10.6. The summed E-state index contributed by atoms with van der Waals surface area (Å²) in [6, 6.07) is 1.68. The van der Waals surface area contributed by atoms with Crippen molar-refractivity contribution in [3.8, 4) is 0 Å². The van der Waals surface area contributed by atoms with Gasteiger partial charge in [-0.05, 0) is 13.1 Å². The van der Waals surface area contributed by atoms with E-state index in [1.807, 2.05) is 0 Å². The van der Waals surface area contributed by atoms with Crippen LogP contribution in [0.25, 0.3) is 10.2 Å². The van der Waals surface area contributed by atoms with E-state index < -0.39 is 15.9 Å². The summed E-state index contributed by atoms with van der Waals surface area (Å²) in [7, 11) is -2.03. The van der Waals surface area contributed by atoms with Gasteiger partial charge in [0.15, 0.2) is 0 Å². The number of carbonyl (C=O) groups excluding carboxylic acids is 1. The van der Waals surface area contributed by atoms with Crippen molar-refractivity contribution in [2.24, 2.45) is 0 Å². The van der Waals surface area contributed by atoms with Gasteiger partial charge in [0.1, 0.15) is 9.71 Å². The van der Waals surface area contributed by atoms with E-state index in [1.165, 1.54) is 13.2 Å². The Bertz CT molecular complexity index is 740. The maximum absolute atomic E-state index is 12.0. The molecule has 0 aliphatic heterocycles. The molecule has 8 nitrogen and oxygen atoms in total. The molecule has 20 heavy (non-hydrogen) atoms. The zero-order valence-corrected chi connectivity index (χ0v) is 12.2. The van der Waals surface area contributed by atoms with Crippen LogP contribution in [0.5, 0.6) is 0 Å². The lowest BCUT2D eigenvalue weighted by Gasteiger charge is -2.04. The largest absolute Gasteiger partial charge is 0.397 e. The van der Waals surface area contributed by atoms with Crippen molar-refractivity contribution in [1.29, 1.82) is 0 Å². The predicted octanol–water partition coefficient (Wildman–Crippen LogP) is -0.447. The second-order valence-electron chi connectivity index (χ2n) is 3.87. The van der Waals surface area contributed by atoms with Gasteiger partial charge in [0.25, 0.3) is 5.91 Å². The van der Waals surface area contributed by atoms with Gasteiger partial charge in [-0.3, -0.25) is 4.79 Å². The van der Waals surface area contributed by atoms with E-state index in [4.69, 9.17) is 5.73 Å². The summed E-state index contributed by atoms with van der Waals surface area (Å²) in [4.78, 5) is 12.8. The van der Waals surface area contributed by atoms with E-state index in [1.54, 1.807) is 6.07 Å². The first kappa shape index (κ1) is 14.6. The first-order valence-electron chi connectivity index (χ1n) is 5.63. The molecule has 2 aromatic heterocycles. The number of aromatic nitrogens is 2. The number of fused-ring (bicyclic) bond motifs is 1. The van der Waals surface area contributed by atoms with Crippen molar-refractivity contribution in [2.75, 3.05) is 25.1 Å². The molecule has 0 aliphatic rings. The smallest absolute Gasteiger partial charge is 0.263 e. The maximum atomic E-state index is 12.0. The summed E-state index contributed by atoms with van der Waals surface area (Å²) in [6.45, 7) is 0.00136. The Morgan fingerprint density at radius 2 is 2.25 bits per heavy atom. The molecule has 2 rings (SSSR count). The third-order valence-electron chi connectivity index (χ3n) is 2.59. The van der Waals surface area contributed by atoms with Gasteiger partial charge < -0.3 is 11.1 Å². The number of thiophene rings is 1. The summed E-state index contributed by atoms with van der Waals surface area (Å²) in [5, 5.41) is 10.8. The maximum Gasteiger partial charge on any atom is 0.263 e. The van der Waals surface area contributed by atoms with Gasteiger partial charge in [-0.1, -0.05) is 0 Å². The molecule has 4 N–H and O–H groups in total. The number of nitrogens with zero attached hydrogens (tertiary/aromatic N) is 2. The van der Waals surface area contributed by atoms with Crippen molar-refractivity contribution in [2.45, 2.75) is 0 Å². The number of anilines is 1. The van der Waals surface area contributed by atoms with E-state index in [0.717, 1.165) is 11.3 Å². The lowest BCUT2D eigenvalue weighted by atomic mass is 10.3. The highest BCUT2D eigenvalue weighted by Crippen LogP contribution is 2.31. The number of amides is 1. The average molecular weight is 315 g/mol. The number of nitrogens with two attached hydrogens (primary N) is 1. The number of carbonyl (C=O) groups is 1. The molecule has 0 bridgehead atoms. The first-order valence-corrected chi connectivity index (χ1v) is 8.10. The van der Waals surface area contributed by atoms with Crippen molar-refractivity contribution in [3.05, 3.63) is 17.1 Å². The topological polar surface area (TPSA) is 127 Å². The molecule has 2 heterocycles. The second kappa shape index (κ2) is 5.69. The molecule has 0 spiro atoms. The number of hydrogen-bond donors (Lipinski definition) is 3. The molecule has 0 fully saturated rings. The molecule has 0 unspecified atom stereocenters. The van der Waals surface area contributed by atoms with Gasteiger partial charge in [-0.2, -0.15) is 5.10 Å². The van der Waals surface area contributed by atoms with Crippen LogP contribution in [0.4, 0.5) is 5.69 Å². The van der Waals surface area contributed by atoms with Crippen LogP contribution in [-0.2, 0) is 10.0 Å². The van der Waals surface area contributed by atoms with Crippen LogP contribution < -0.4 is 15.8 Å². The zero-order chi connectivity index (χ0) is 14.8. The molecule has 0 atom stereocenters. The first-order chi connectivity index (χ1) is 9.44. The van der Waals surface area contributed by atoms with E-state index in [-0.39, 0.29) is 12.3 Å². The van der Waals surface area contributed by atoms with Gasteiger partial charge in [0.05, 0.1) is 17.6 Å². The Morgan fingerprint density at radius 3 is 2.90 bits per heavy atom. The SMILES string of the molecule is CNS(=O)(=O)CCNC(=O)c1sc2nnccc2c1N. The van der Waals surface area contributed by atoms with Crippen molar-refractivity contribution < 1.29 is 13.2 Å². The highest BCUT2D eigenvalue weighted by molar-refractivity contribution is 7.89. The minimum atomic E-state index is -3.35. The summed E-state index contributed by atoms with van der Waals surface area (Å²) in [5.41, 5.74) is 6.20. The minimum Gasteiger partial charge on any atom is -0.397 e. The standard InChI is InChI=1S/C10H13N5O3S2/c1-12-20(17,18)5-4-13-9(16)8-7(11)6-2-3-14-15-10(6)19-8/h2-3,12H,4-5,11H2,1H3,(H,13,16). The fourth-order valence-corrected chi connectivity index (χ4v) is 3.05.